The Morgan fingerprint density at radius 3 is 3.00 bits per heavy atom. The molecule has 2 aromatic rings. The van der Waals surface area contributed by atoms with Gasteiger partial charge in [0.15, 0.2) is 0 Å². The summed E-state index contributed by atoms with van der Waals surface area (Å²) in [6, 6.07) is 11.3. The second-order valence-electron chi connectivity index (χ2n) is 6.12. The highest BCUT2D eigenvalue weighted by molar-refractivity contribution is 5.94. The van der Waals surface area contributed by atoms with E-state index < -0.39 is 0 Å². The topological polar surface area (TPSA) is 63.2 Å². The monoisotopic (exact) mass is 337 g/mol. The van der Waals surface area contributed by atoms with Crippen LogP contribution < -0.4 is 15.4 Å². The quantitative estimate of drug-likeness (QED) is 0.796. The first-order valence-electron chi connectivity index (χ1n) is 8.52. The Kier molecular flexibility index (Phi) is 5.80. The van der Waals surface area contributed by atoms with Crippen molar-refractivity contribution in [1.29, 1.82) is 0 Å². The van der Waals surface area contributed by atoms with Crippen LogP contribution in [0.3, 0.4) is 0 Å². The molecule has 1 aliphatic rings. The Balaban J connectivity index is 1.55. The van der Waals surface area contributed by atoms with Crippen molar-refractivity contribution in [2.75, 3.05) is 19.6 Å². The van der Waals surface area contributed by atoms with Gasteiger partial charge in [0.25, 0.3) is 5.91 Å². The number of hydrogen-bond acceptors (Lipinski definition) is 4. The Bertz CT molecular complexity index is 754. The normalized spacial score (nSPS) is 13.9. The molecule has 0 saturated carbocycles. The van der Waals surface area contributed by atoms with E-state index in [4.69, 9.17) is 4.74 Å². The summed E-state index contributed by atoms with van der Waals surface area (Å²) in [6.07, 6.45) is 4.83. The van der Waals surface area contributed by atoms with Crippen LogP contribution in [0.5, 0.6) is 5.75 Å². The van der Waals surface area contributed by atoms with Crippen molar-refractivity contribution in [3.05, 3.63) is 71.1 Å². The second-order valence-corrected chi connectivity index (χ2v) is 6.12. The van der Waals surface area contributed by atoms with Gasteiger partial charge in [0.1, 0.15) is 12.4 Å². The van der Waals surface area contributed by atoms with Gasteiger partial charge in [-0.05, 0) is 49.7 Å². The molecule has 0 fully saturated rings. The highest BCUT2D eigenvalue weighted by atomic mass is 16.5. The second kappa shape index (κ2) is 8.44. The minimum Gasteiger partial charge on any atom is -0.487 e. The van der Waals surface area contributed by atoms with Gasteiger partial charge in [-0.1, -0.05) is 23.8 Å². The molecule has 0 aliphatic carbocycles. The molecule has 0 unspecified atom stereocenters. The highest BCUT2D eigenvalue weighted by Crippen LogP contribution is 2.13. The Hall–Kier alpha value is -2.66. The predicted octanol–water partition coefficient (Wildman–Crippen LogP) is 2.62. The Morgan fingerprint density at radius 2 is 2.24 bits per heavy atom. The number of benzene rings is 1. The largest absolute Gasteiger partial charge is 0.487 e. The molecule has 130 valence electrons. The van der Waals surface area contributed by atoms with E-state index in [0.29, 0.717) is 18.7 Å². The maximum absolute atomic E-state index is 12.3. The molecule has 25 heavy (non-hydrogen) atoms. The Morgan fingerprint density at radius 1 is 1.32 bits per heavy atom. The van der Waals surface area contributed by atoms with E-state index in [-0.39, 0.29) is 5.91 Å². The third-order valence-electron chi connectivity index (χ3n) is 4.11. The van der Waals surface area contributed by atoms with Crippen LogP contribution in [0.25, 0.3) is 0 Å². The van der Waals surface area contributed by atoms with E-state index in [9.17, 15) is 4.79 Å². The van der Waals surface area contributed by atoms with Crippen molar-refractivity contribution in [3.63, 3.8) is 0 Å². The molecular formula is C20H23N3O2. The summed E-state index contributed by atoms with van der Waals surface area (Å²) in [5, 5.41) is 6.25. The number of ether oxygens (including phenoxy) is 1. The molecule has 0 saturated heterocycles. The third-order valence-corrected chi connectivity index (χ3v) is 4.11. The van der Waals surface area contributed by atoms with E-state index in [2.05, 4.69) is 21.7 Å². The third kappa shape index (κ3) is 5.16. The molecule has 1 aromatic heterocycles. The van der Waals surface area contributed by atoms with Crippen LogP contribution in [0.1, 0.15) is 28.0 Å². The van der Waals surface area contributed by atoms with E-state index >= 15 is 0 Å². The zero-order valence-corrected chi connectivity index (χ0v) is 14.4. The number of pyridine rings is 1. The fourth-order valence-corrected chi connectivity index (χ4v) is 2.63. The number of aryl methyl sites for hydroxylation is 1. The molecule has 1 aromatic carbocycles. The maximum Gasteiger partial charge on any atom is 0.251 e. The molecule has 5 nitrogen and oxygen atoms in total. The highest BCUT2D eigenvalue weighted by Gasteiger charge is 2.09. The molecule has 0 radical (unpaired) electrons. The van der Waals surface area contributed by atoms with Gasteiger partial charge in [0.05, 0.1) is 6.20 Å². The van der Waals surface area contributed by atoms with Gasteiger partial charge >= 0.3 is 0 Å². The first kappa shape index (κ1) is 17.2. The molecular weight excluding hydrogens is 314 g/mol. The summed E-state index contributed by atoms with van der Waals surface area (Å²) in [6.45, 7) is 4.80. The van der Waals surface area contributed by atoms with E-state index in [1.165, 1.54) is 5.57 Å². The van der Waals surface area contributed by atoms with Crippen molar-refractivity contribution in [1.82, 2.24) is 15.6 Å². The summed E-state index contributed by atoms with van der Waals surface area (Å²) in [4.78, 5) is 16.6. The van der Waals surface area contributed by atoms with Gasteiger partial charge in [-0.3, -0.25) is 9.78 Å². The van der Waals surface area contributed by atoms with E-state index in [0.717, 1.165) is 36.5 Å². The number of hydrogen-bond donors (Lipinski definition) is 2. The van der Waals surface area contributed by atoms with Gasteiger partial charge in [-0.2, -0.15) is 0 Å². The number of carbonyl (C=O) groups excluding carboxylic acids is 1. The van der Waals surface area contributed by atoms with Gasteiger partial charge in [-0.15, -0.1) is 0 Å². The zero-order chi connectivity index (χ0) is 17.5. The van der Waals surface area contributed by atoms with Crippen molar-refractivity contribution in [3.8, 4) is 5.75 Å². The molecule has 2 heterocycles. The standard InChI is InChI=1S/C20H23N3O2/c1-15-5-6-19(13-22-15)25-14-17-3-2-4-18(11-17)20(24)23-12-16-7-9-21-10-8-16/h2-7,11,13,21H,8-10,12,14H2,1H3,(H,23,24). The smallest absolute Gasteiger partial charge is 0.251 e. The van der Waals surface area contributed by atoms with Crippen LogP contribution in [-0.4, -0.2) is 30.5 Å². The fraction of sp³-hybridized carbons (Fsp3) is 0.300. The molecule has 1 aliphatic heterocycles. The Labute approximate surface area is 148 Å². The lowest BCUT2D eigenvalue weighted by Gasteiger charge is -2.14. The van der Waals surface area contributed by atoms with Crippen LogP contribution in [0.4, 0.5) is 0 Å². The van der Waals surface area contributed by atoms with Gasteiger partial charge in [-0.25, -0.2) is 0 Å². The predicted molar refractivity (Wildman–Crippen MR) is 97.7 cm³/mol. The summed E-state index contributed by atoms with van der Waals surface area (Å²) in [5.41, 5.74) is 3.83. The molecule has 0 bridgehead atoms. The lowest BCUT2D eigenvalue weighted by Crippen LogP contribution is -2.29. The molecule has 0 atom stereocenters. The average Bonchev–Trinajstić information content (AvgIpc) is 2.67. The summed E-state index contributed by atoms with van der Waals surface area (Å²) >= 11 is 0. The molecule has 3 rings (SSSR count). The SMILES string of the molecule is Cc1ccc(OCc2cccc(C(=O)NCC3=CCNCC3)c2)cn1. The summed E-state index contributed by atoms with van der Waals surface area (Å²) in [5.74, 6) is 0.664. The minimum absolute atomic E-state index is 0.0571. The van der Waals surface area contributed by atoms with Crippen LogP contribution in [0, 0.1) is 6.92 Å². The molecule has 2 N–H and O–H groups in total. The number of nitrogens with zero attached hydrogens (tertiary/aromatic N) is 1. The number of rotatable bonds is 6. The maximum atomic E-state index is 12.3. The number of amides is 1. The molecule has 0 spiro atoms. The number of nitrogens with one attached hydrogen (secondary N) is 2. The van der Waals surface area contributed by atoms with E-state index in [1.54, 1.807) is 6.20 Å². The fourth-order valence-electron chi connectivity index (χ4n) is 2.63. The molecule has 5 heteroatoms. The lowest BCUT2D eigenvalue weighted by atomic mass is 10.1. The summed E-state index contributed by atoms with van der Waals surface area (Å²) < 4.78 is 5.73. The van der Waals surface area contributed by atoms with Gasteiger partial charge < -0.3 is 15.4 Å². The van der Waals surface area contributed by atoms with Crippen molar-refractivity contribution < 1.29 is 9.53 Å². The first-order chi connectivity index (χ1) is 12.2. The van der Waals surface area contributed by atoms with Gasteiger partial charge in [0.2, 0.25) is 0 Å². The van der Waals surface area contributed by atoms with Crippen molar-refractivity contribution in [2.45, 2.75) is 20.0 Å². The van der Waals surface area contributed by atoms with Crippen LogP contribution in [0.15, 0.2) is 54.2 Å². The average molecular weight is 337 g/mol. The van der Waals surface area contributed by atoms with Crippen LogP contribution in [-0.2, 0) is 6.61 Å². The van der Waals surface area contributed by atoms with Crippen molar-refractivity contribution in [2.24, 2.45) is 0 Å². The number of carbonyl (C=O) groups is 1. The minimum atomic E-state index is -0.0571. The van der Waals surface area contributed by atoms with Crippen molar-refractivity contribution >= 4 is 5.91 Å². The van der Waals surface area contributed by atoms with E-state index in [1.807, 2.05) is 43.3 Å². The van der Waals surface area contributed by atoms with Gasteiger partial charge in [0, 0.05) is 24.3 Å². The summed E-state index contributed by atoms with van der Waals surface area (Å²) in [7, 11) is 0. The molecule has 1 amide bonds. The number of aromatic nitrogens is 1. The van der Waals surface area contributed by atoms with Crippen LogP contribution >= 0.6 is 0 Å². The first-order valence-corrected chi connectivity index (χ1v) is 8.52. The van der Waals surface area contributed by atoms with Crippen LogP contribution in [0.2, 0.25) is 0 Å². The lowest BCUT2D eigenvalue weighted by molar-refractivity contribution is 0.0956. The zero-order valence-electron chi connectivity index (χ0n) is 14.4.